The van der Waals surface area contributed by atoms with E-state index >= 15 is 0 Å². The van der Waals surface area contributed by atoms with E-state index in [0.29, 0.717) is 0 Å². The molecule has 1 fully saturated rings. The Bertz CT molecular complexity index is 646. The first-order valence-corrected chi connectivity index (χ1v) is 8.10. The second-order valence-electron chi connectivity index (χ2n) is 6.13. The Balaban J connectivity index is 1.71. The highest BCUT2D eigenvalue weighted by atomic mass is 16.5. The van der Waals surface area contributed by atoms with Gasteiger partial charge in [-0.05, 0) is 19.1 Å². The number of furan rings is 1. The fourth-order valence-corrected chi connectivity index (χ4v) is 3.07. The van der Waals surface area contributed by atoms with Crippen molar-refractivity contribution in [3.63, 3.8) is 0 Å². The first kappa shape index (κ1) is 16.3. The molecule has 1 unspecified atom stereocenters. The molecule has 0 radical (unpaired) electrons. The van der Waals surface area contributed by atoms with Crippen molar-refractivity contribution in [2.75, 3.05) is 34.0 Å². The molecule has 2 aromatic rings. The maximum absolute atomic E-state index is 6.01. The van der Waals surface area contributed by atoms with Crippen LogP contribution >= 0.6 is 0 Å². The topological polar surface area (TPSA) is 52.9 Å². The van der Waals surface area contributed by atoms with Crippen LogP contribution in [-0.2, 0) is 9.47 Å². The second-order valence-corrected chi connectivity index (χ2v) is 6.13. The Kier molecular flexibility index (Phi) is 4.90. The Hall–Kier alpha value is -1.56. The van der Waals surface area contributed by atoms with Gasteiger partial charge in [0.05, 0.1) is 18.8 Å². The molecule has 1 N–H and O–H groups in total. The molecule has 5 heteroatoms. The SMILES string of the molecule is COc1cccc2cc(C(C)NCC3(OC)CCOCC3)oc12. The van der Waals surface area contributed by atoms with Gasteiger partial charge in [0.1, 0.15) is 5.76 Å². The highest BCUT2D eigenvalue weighted by molar-refractivity contribution is 5.83. The summed E-state index contributed by atoms with van der Waals surface area (Å²) < 4.78 is 22.6. The van der Waals surface area contributed by atoms with E-state index in [0.717, 1.165) is 55.1 Å². The lowest BCUT2D eigenvalue weighted by atomic mass is 9.93. The van der Waals surface area contributed by atoms with Crippen LogP contribution in [0.5, 0.6) is 5.75 Å². The van der Waals surface area contributed by atoms with Crippen molar-refractivity contribution in [2.24, 2.45) is 0 Å². The molecule has 0 aliphatic carbocycles. The molecule has 1 saturated heterocycles. The number of nitrogens with one attached hydrogen (secondary N) is 1. The molecule has 23 heavy (non-hydrogen) atoms. The van der Waals surface area contributed by atoms with Crippen molar-refractivity contribution >= 4 is 11.0 Å². The zero-order chi connectivity index (χ0) is 16.3. The number of hydrogen-bond donors (Lipinski definition) is 1. The quantitative estimate of drug-likeness (QED) is 0.885. The van der Waals surface area contributed by atoms with E-state index < -0.39 is 0 Å². The van der Waals surface area contributed by atoms with Gasteiger partial charge in [-0.25, -0.2) is 0 Å². The summed E-state index contributed by atoms with van der Waals surface area (Å²) in [5.74, 6) is 1.67. The summed E-state index contributed by atoms with van der Waals surface area (Å²) in [4.78, 5) is 0. The van der Waals surface area contributed by atoms with Crippen LogP contribution in [0.1, 0.15) is 31.6 Å². The predicted octanol–water partition coefficient (Wildman–Crippen LogP) is 3.29. The standard InChI is InChI=1S/C18H25NO4/c1-13(19-12-18(21-3)7-9-22-10-8-18)16-11-14-5-4-6-15(20-2)17(14)23-16/h4-6,11,13,19H,7-10,12H2,1-3H3. The van der Waals surface area contributed by atoms with Gasteiger partial charge in [-0.2, -0.15) is 0 Å². The summed E-state index contributed by atoms with van der Waals surface area (Å²) in [5, 5.41) is 4.60. The van der Waals surface area contributed by atoms with Gasteiger partial charge >= 0.3 is 0 Å². The fraction of sp³-hybridized carbons (Fsp3) is 0.556. The van der Waals surface area contributed by atoms with E-state index in [9.17, 15) is 0 Å². The third kappa shape index (κ3) is 3.37. The molecule has 3 rings (SSSR count). The minimum atomic E-state index is -0.143. The Morgan fingerprint density at radius 1 is 1.26 bits per heavy atom. The average Bonchev–Trinajstić information content (AvgIpc) is 3.04. The average molecular weight is 319 g/mol. The van der Waals surface area contributed by atoms with Gasteiger partial charge in [0.15, 0.2) is 11.3 Å². The van der Waals surface area contributed by atoms with E-state index in [1.165, 1.54) is 0 Å². The third-order valence-corrected chi connectivity index (χ3v) is 4.74. The van der Waals surface area contributed by atoms with Gasteiger partial charge in [-0.1, -0.05) is 12.1 Å². The molecule has 1 atom stereocenters. The van der Waals surface area contributed by atoms with Crippen molar-refractivity contribution in [2.45, 2.75) is 31.4 Å². The van der Waals surface area contributed by atoms with Crippen LogP contribution in [0.3, 0.4) is 0 Å². The predicted molar refractivity (Wildman–Crippen MR) is 89.0 cm³/mol. The summed E-state index contributed by atoms with van der Waals surface area (Å²) >= 11 is 0. The summed E-state index contributed by atoms with van der Waals surface area (Å²) in [6, 6.07) is 8.09. The van der Waals surface area contributed by atoms with Crippen molar-refractivity contribution < 1.29 is 18.6 Å². The maximum atomic E-state index is 6.01. The normalized spacial score (nSPS) is 18.9. The van der Waals surface area contributed by atoms with Crippen LogP contribution in [0.25, 0.3) is 11.0 Å². The van der Waals surface area contributed by atoms with Crippen molar-refractivity contribution in [3.05, 3.63) is 30.0 Å². The monoisotopic (exact) mass is 319 g/mol. The molecule has 0 bridgehead atoms. The van der Waals surface area contributed by atoms with Crippen LogP contribution < -0.4 is 10.1 Å². The van der Waals surface area contributed by atoms with Gasteiger partial charge in [0.25, 0.3) is 0 Å². The third-order valence-electron chi connectivity index (χ3n) is 4.74. The molecule has 0 saturated carbocycles. The molecule has 1 aromatic carbocycles. The highest BCUT2D eigenvalue weighted by Crippen LogP contribution is 2.31. The Labute approximate surface area is 136 Å². The molecular weight excluding hydrogens is 294 g/mol. The van der Waals surface area contributed by atoms with Gasteiger partial charge in [-0.3, -0.25) is 0 Å². The summed E-state index contributed by atoms with van der Waals surface area (Å²) in [7, 11) is 3.44. The van der Waals surface area contributed by atoms with Gasteiger partial charge < -0.3 is 23.9 Å². The van der Waals surface area contributed by atoms with Crippen LogP contribution in [0, 0.1) is 0 Å². The van der Waals surface area contributed by atoms with E-state index in [2.05, 4.69) is 18.3 Å². The van der Waals surface area contributed by atoms with E-state index in [-0.39, 0.29) is 11.6 Å². The zero-order valence-electron chi connectivity index (χ0n) is 14.1. The maximum Gasteiger partial charge on any atom is 0.176 e. The second kappa shape index (κ2) is 6.91. The highest BCUT2D eigenvalue weighted by Gasteiger charge is 2.32. The summed E-state index contributed by atoms with van der Waals surface area (Å²) in [6.45, 7) is 4.40. The molecule has 1 aliphatic heterocycles. The van der Waals surface area contributed by atoms with Gasteiger partial charge in [0, 0.05) is 45.1 Å². The molecule has 1 aliphatic rings. The number of methoxy groups -OCH3 is 2. The van der Waals surface area contributed by atoms with Crippen LogP contribution in [-0.4, -0.2) is 39.6 Å². The lowest BCUT2D eigenvalue weighted by Gasteiger charge is -2.36. The number of hydrogen-bond acceptors (Lipinski definition) is 5. The molecule has 2 heterocycles. The molecule has 1 aromatic heterocycles. The molecule has 126 valence electrons. The largest absolute Gasteiger partial charge is 0.493 e. The first-order valence-electron chi connectivity index (χ1n) is 8.10. The lowest BCUT2D eigenvalue weighted by molar-refractivity contribution is -0.0886. The smallest absolute Gasteiger partial charge is 0.176 e. The van der Waals surface area contributed by atoms with Gasteiger partial charge in [-0.15, -0.1) is 0 Å². The summed E-state index contributed by atoms with van der Waals surface area (Å²) in [5.41, 5.74) is 0.655. The zero-order valence-corrected chi connectivity index (χ0v) is 14.1. The van der Waals surface area contributed by atoms with Crippen molar-refractivity contribution in [1.29, 1.82) is 0 Å². The molecular formula is C18H25NO4. The molecule has 0 amide bonds. The Morgan fingerprint density at radius 2 is 2.04 bits per heavy atom. The number of para-hydroxylation sites is 1. The first-order chi connectivity index (χ1) is 11.2. The van der Waals surface area contributed by atoms with Crippen LogP contribution in [0.4, 0.5) is 0 Å². The van der Waals surface area contributed by atoms with Crippen LogP contribution in [0.15, 0.2) is 28.7 Å². The van der Waals surface area contributed by atoms with E-state index in [1.807, 2.05) is 18.2 Å². The number of rotatable bonds is 6. The number of fused-ring (bicyclic) bond motifs is 1. The minimum Gasteiger partial charge on any atom is -0.493 e. The van der Waals surface area contributed by atoms with Crippen molar-refractivity contribution in [1.82, 2.24) is 5.32 Å². The van der Waals surface area contributed by atoms with Crippen molar-refractivity contribution in [3.8, 4) is 5.75 Å². The fourth-order valence-electron chi connectivity index (χ4n) is 3.07. The van der Waals surface area contributed by atoms with Gasteiger partial charge in [0.2, 0.25) is 0 Å². The van der Waals surface area contributed by atoms with Crippen LogP contribution in [0.2, 0.25) is 0 Å². The lowest BCUT2D eigenvalue weighted by Crippen LogP contribution is -2.47. The minimum absolute atomic E-state index is 0.0991. The molecule has 0 spiro atoms. The summed E-state index contributed by atoms with van der Waals surface area (Å²) in [6.07, 6.45) is 1.83. The van der Waals surface area contributed by atoms with E-state index in [1.54, 1.807) is 14.2 Å². The van der Waals surface area contributed by atoms with E-state index in [4.69, 9.17) is 18.6 Å². The number of benzene rings is 1. The Morgan fingerprint density at radius 3 is 2.74 bits per heavy atom. The molecule has 5 nitrogen and oxygen atoms in total. The number of ether oxygens (including phenoxy) is 3.